The number of benzene rings is 2. The number of fused-ring (bicyclic) bond motifs is 1. The van der Waals surface area contributed by atoms with E-state index in [4.69, 9.17) is 0 Å². The van der Waals surface area contributed by atoms with Crippen molar-refractivity contribution in [3.05, 3.63) is 58.7 Å². The van der Waals surface area contributed by atoms with Crippen molar-refractivity contribution in [3.8, 4) is 0 Å². The van der Waals surface area contributed by atoms with Crippen LogP contribution in [0.3, 0.4) is 0 Å². The Morgan fingerprint density at radius 1 is 1.21 bits per heavy atom. The van der Waals surface area contributed by atoms with Crippen molar-refractivity contribution in [2.45, 2.75) is 26.7 Å². The first-order valence-corrected chi connectivity index (χ1v) is 8.04. The van der Waals surface area contributed by atoms with Crippen LogP contribution in [0.5, 0.6) is 0 Å². The third-order valence-corrected chi connectivity index (χ3v) is 4.29. The maximum atomic E-state index is 14.2. The zero-order valence-corrected chi connectivity index (χ0v) is 13.8. The van der Waals surface area contributed by atoms with Crippen molar-refractivity contribution < 1.29 is 13.6 Å². The molecule has 126 valence electrons. The van der Waals surface area contributed by atoms with Crippen molar-refractivity contribution in [2.75, 3.05) is 23.3 Å². The Bertz CT molecular complexity index is 789. The molecule has 2 aromatic rings. The smallest absolute Gasteiger partial charge is 0.243 e. The number of rotatable bonds is 3. The van der Waals surface area contributed by atoms with E-state index in [9.17, 15) is 13.6 Å². The van der Waals surface area contributed by atoms with Gasteiger partial charge in [-0.05, 0) is 49.9 Å². The van der Waals surface area contributed by atoms with E-state index in [0.717, 1.165) is 29.3 Å². The van der Waals surface area contributed by atoms with Gasteiger partial charge in [0.05, 0.1) is 12.2 Å². The molecule has 0 radical (unpaired) electrons. The topological polar surface area (TPSA) is 32.3 Å². The number of nitrogens with zero attached hydrogens (tertiary/aromatic N) is 1. The van der Waals surface area contributed by atoms with Gasteiger partial charge in [0.25, 0.3) is 0 Å². The van der Waals surface area contributed by atoms with Crippen LogP contribution in [0.2, 0.25) is 0 Å². The van der Waals surface area contributed by atoms with E-state index in [1.165, 1.54) is 6.07 Å². The van der Waals surface area contributed by atoms with Crippen molar-refractivity contribution >= 4 is 17.3 Å². The number of hydrogen-bond donors (Lipinski definition) is 1. The fourth-order valence-corrected chi connectivity index (χ4v) is 3.21. The molecule has 0 atom stereocenters. The summed E-state index contributed by atoms with van der Waals surface area (Å²) in [7, 11) is 0. The molecule has 0 fully saturated rings. The van der Waals surface area contributed by atoms with Crippen molar-refractivity contribution in [3.63, 3.8) is 0 Å². The van der Waals surface area contributed by atoms with E-state index in [0.29, 0.717) is 24.2 Å². The lowest BCUT2D eigenvalue weighted by atomic mass is 10.0. The van der Waals surface area contributed by atoms with Crippen LogP contribution in [0.4, 0.5) is 20.2 Å². The molecule has 2 aromatic carbocycles. The van der Waals surface area contributed by atoms with Gasteiger partial charge >= 0.3 is 0 Å². The van der Waals surface area contributed by atoms with Gasteiger partial charge < -0.3 is 10.2 Å². The van der Waals surface area contributed by atoms with Gasteiger partial charge in [0, 0.05) is 18.3 Å². The first kappa shape index (κ1) is 16.4. The molecule has 1 N–H and O–H groups in total. The van der Waals surface area contributed by atoms with Gasteiger partial charge in [-0.1, -0.05) is 17.7 Å². The van der Waals surface area contributed by atoms with Crippen LogP contribution in [0, 0.1) is 25.5 Å². The minimum atomic E-state index is -0.607. The molecule has 0 aromatic heterocycles. The SMILES string of the molecule is Cc1ccc(NC(=O)CN2CCCc3cc(F)cc(F)c32)c(C)c1. The number of carbonyl (C=O) groups excluding carboxylic acids is 1. The molecular formula is C19H20F2N2O. The average Bonchev–Trinajstić information content (AvgIpc) is 2.49. The van der Waals surface area contributed by atoms with E-state index < -0.39 is 11.6 Å². The summed E-state index contributed by atoms with van der Waals surface area (Å²) in [5.41, 5.74) is 3.83. The highest BCUT2D eigenvalue weighted by molar-refractivity contribution is 5.95. The number of nitrogens with one attached hydrogen (secondary N) is 1. The molecule has 1 heterocycles. The molecule has 0 unspecified atom stereocenters. The summed E-state index contributed by atoms with van der Waals surface area (Å²) in [6.45, 7) is 4.55. The Kier molecular flexibility index (Phi) is 4.51. The third-order valence-electron chi connectivity index (χ3n) is 4.29. The molecule has 1 aliphatic heterocycles. The standard InChI is InChI=1S/C19H20F2N2O/c1-12-5-6-17(13(2)8-12)22-18(24)11-23-7-3-4-14-9-15(20)10-16(21)19(14)23/h5-6,8-10H,3-4,7,11H2,1-2H3,(H,22,24). The van der Waals surface area contributed by atoms with Crippen molar-refractivity contribution in [2.24, 2.45) is 0 Å². The highest BCUT2D eigenvalue weighted by Gasteiger charge is 2.23. The monoisotopic (exact) mass is 330 g/mol. The quantitative estimate of drug-likeness (QED) is 0.923. The summed E-state index contributed by atoms with van der Waals surface area (Å²) >= 11 is 0. The molecule has 5 heteroatoms. The Morgan fingerprint density at radius 3 is 2.75 bits per heavy atom. The van der Waals surface area contributed by atoms with Crippen LogP contribution in [0.25, 0.3) is 0 Å². The number of anilines is 2. The average molecular weight is 330 g/mol. The molecule has 0 bridgehead atoms. The lowest BCUT2D eigenvalue weighted by molar-refractivity contribution is -0.115. The zero-order chi connectivity index (χ0) is 17.3. The predicted octanol–water partition coefficient (Wildman–Crippen LogP) is 3.97. The minimum Gasteiger partial charge on any atom is -0.360 e. The van der Waals surface area contributed by atoms with Crippen LogP contribution in [0.15, 0.2) is 30.3 Å². The molecule has 1 aliphatic rings. The summed E-state index contributed by atoms with van der Waals surface area (Å²) < 4.78 is 27.5. The van der Waals surface area contributed by atoms with E-state index >= 15 is 0 Å². The number of amides is 1. The summed E-state index contributed by atoms with van der Waals surface area (Å²) in [6.07, 6.45) is 1.39. The Morgan fingerprint density at radius 2 is 2.00 bits per heavy atom. The van der Waals surface area contributed by atoms with Gasteiger partial charge in [-0.15, -0.1) is 0 Å². The van der Waals surface area contributed by atoms with E-state index in [2.05, 4.69) is 5.32 Å². The molecule has 3 rings (SSSR count). The van der Waals surface area contributed by atoms with Gasteiger partial charge in [-0.2, -0.15) is 0 Å². The summed E-state index contributed by atoms with van der Waals surface area (Å²) in [5.74, 6) is -1.39. The van der Waals surface area contributed by atoms with Crippen LogP contribution in [-0.4, -0.2) is 19.0 Å². The first-order chi connectivity index (χ1) is 11.4. The number of halogens is 2. The summed E-state index contributed by atoms with van der Waals surface area (Å²) in [4.78, 5) is 14.0. The number of hydrogen-bond acceptors (Lipinski definition) is 2. The van der Waals surface area contributed by atoms with Crippen LogP contribution >= 0.6 is 0 Å². The van der Waals surface area contributed by atoms with Crippen LogP contribution in [0.1, 0.15) is 23.1 Å². The lowest BCUT2D eigenvalue weighted by Gasteiger charge is -2.31. The van der Waals surface area contributed by atoms with Gasteiger partial charge in [-0.3, -0.25) is 4.79 Å². The molecule has 1 amide bonds. The molecular weight excluding hydrogens is 310 g/mol. The predicted molar refractivity (Wildman–Crippen MR) is 91.4 cm³/mol. The lowest BCUT2D eigenvalue weighted by Crippen LogP contribution is -2.37. The second-order valence-corrected chi connectivity index (χ2v) is 6.29. The van der Waals surface area contributed by atoms with Gasteiger partial charge in [0.2, 0.25) is 5.91 Å². The van der Waals surface area contributed by atoms with E-state index in [-0.39, 0.29) is 12.5 Å². The highest BCUT2D eigenvalue weighted by atomic mass is 19.1. The Hall–Kier alpha value is -2.43. The third kappa shape index (κ3) is 3.40. The van der Waals surface area contributed by atoms with Crippen LogP contribution < -0.4 is 10.2 Å². The summed E-state index contributed by atoms with van der Waals surface area (Å²) in [6, 6.07) is 8.02. The first-order valence-electron chi connectivity index (χ1n) is 8.04. The fraction of sp³-hybridized carbons (Fsp3) is 0.316. The molecule has 0 saturated carbocycles. The zero-order valence-electron chi connectivity index (χ0n) is 13.8. The van der Waals surface area contributed by atoms with Gasteiger partial charge in [0.15, 0.2) is 0 Å². The molecule has 0 aliphatic carbocycles. The van der Waals surface area contributed by atoms with Gasteiger partial charge in [-0.25, -0.2) is 8.78 Å². The Balaban J connectivity index is 1.76. The maximum absolute atomic E-state index is 14.2. The van der Waals surface area contributed by atoms with Gasteiger partial charge in [0.1, 0.15) is 11.6 Å². The second kappa shape index (κ2) is 6.59. The molecule has 3 nitrogen and oxygen atoms in total. The maximum Gasteiger partial charge on any atom is 0.243 e. The highest BCUT2D eigenvalue weighted by Crippen LogP contribution is 2.30. The normalized spacial score (nSPS) is 13.6. The fourth-order valence-electron chi connectivity index (χ4n) is 3.21. The number of carbonyl (C=O) groups is 1. The van der Waals surface area contributed by atoms with Crippen molar-refractivity contribution in [1.82, 2.24) is 0 Å². The minimum absolute atomic E-state index is 0.0445. The van der Waals surface area contributed by atoms with E-state index in [1.54, 1.807) is 4.90 Å². The second-order valence-electron chi connectivity index (χ2n) is 6.29. The molecule has 0 saturated heterocycles. The van der Waals surface area contributed by atoms with Crippen LogP contribution in [-0.2, 0) is 11.2 Å². The summed E-state index contributed by atoms with van der Waals surface area (Å²) in [5, 5.41) is 2.87. The Labute approximate surface area is 140 Å². The largest absolute Gasteiger partial charge is 0.360 e. The molecule has 0 spiro atoms. The van der Waals surface area contributed by atoms with E-state index in [1.807, 2.05) is 32.0 Å². The number of aryl methyl sites for hydroxylation is 3. The van der Waals surface area contributed by atoms with Crippen molar-refractivity contribution in [1.29, 1.82) is 0 Å². The molecule has 24 heavy (non-hydrogen) atoms.